The molecule has 1 atom stereocenters. The van der Waals surface area contributed by atoms with Crippen LogP contribution in [-0.2, 0) is 6.54 Å². The molecule has 90 valence electrons. The van der Waals surface area contributed by atoms with Crippen LogP contribution in [0.2, 0.25) is 0 Å². The van der Waals surface area contributed by atoms with Crippen LogP contribution in [0, 0.1) is 0 Å². The molecule has 2 rings (SSSR count). The first-order chi connectivity index (χ1) is 8.27. The van der Waals surface area contributed by atoms with E-state index in [4.69, 9.17) is 5.84 Å². The topological polar surface area (TPSA) is 68.8 Å². The third-order valence-corrected chi connectivity index (χ3v) is 3.24. The van der Waals surface area contributed by atoms with E-state index in [1.807, 2.05) is 22.9 Å². The van der Waals surface area contributed by atoms with Gasteiger partial charge in [0.25, 0.3) is 0 Å². The molecule has 5 nitrogen and oxygen atoms in total. The van der Waals surface area contributed by atoms with Crippen LogP contribution in [0.5, 0.6) is 0 Å². The molecule has 0 saturated heterocycles. The number of imidazole rings is 1. The molecule has 2 aromatic heterocycles. The summed E-state index contributed by atoms with van der Waals surface area (Å²) in [4.78, 5) is 8.67. The first-order valence-electron chi connectivity index (χ1n) is 5.35. The highest BCUT2D eigenvalue weighted by atomic mass is 79.9. The summed E-state index contributed by atoms with van der Waals surface area (Å²) in [6.45, 7) is 2.91. The Morgan fingerprint density at radius 1 is 1.47 bits per heavy atom. The van der Waals surface area contributed by atoms with Gasteiger partial charge in [0, 0.05) is 29.6 Å². The molecule has 6 heteroatoms. The maximum atomic E-state index is 5.62. The molecule has 0 amide bonds. The summed E-state index contributed by atoms with van der Waals surface area (Å²) < 4.78 is 2.94. The van der Waals surface area contributed by atoms with Crippen molar-refractivity contribution in [2.24, 2.45) is 5.84 Å². The molecule has 3 N–H and O–H groups in total. The highest BCUT2D eigenvalue weighted by molar-refractivity contribution is 9.10. The van der Waals surface area contributed by atoms with Gasteiger partial charge in [-0.05, 0) is 35.0 Å². The number of aromatic nitrogens is 3. The van der Waals surface area contributed by atoms with Gasteiger partial charge in [0.2, 0.25) is 0 Å². The normalized spacial score (nSPS) is 12.6. The van der Waals surface area contributed by atoms with Crippen LogP contribution < -0.4 is 11.3 Å². The van der Waals surface area contributed by atoms with Crippen molar-refractivity contribution >= 4 is 15.9 Å². The predicted octanol–water partition coefficient (Wildman–Crippen LogP) is 1.61. The van der Waals surface area contributed by atoms with Crippen LogP contribution in [0.25, 0.3) is 0 Å². The van der Waals surface area contributed by atoms with Gasteiger partial charge in [0.15, 0.2) is 0 Å². The van der Waals surface area contributed by atoms with E-state index >= 15 is 0 Å². The molecule has 0 aliphatic heterocycles. The smallest absolute Gasteiger partial charge is 0.133 e. The van der Waals surface area contributed by atoms with Gasteiger partial charge < -0.3 is 4.57 Å². The van der Waals surface area contributed by atoms with Crippen molar-refractivity contribution in [1.29, 1.82) is 0 Å². The Morgan fingerprint density at radius 2 is 2.29 bits per heavy atom. The lowest BCUT2D eigenvalue weighted by atomic mass is 10.2. The second kappa shape index (κ2) is 5.39. The maximum absolute atomic E-state index is 5.62. The van der Waals surface area contributed by atoms with Crippen LogP contribution in [0.15, 0.2) is 35.2 Å². The fourth-order valence-corrected chi connectivity index (χ4v) is 2.22. The zero-order chi connectivity index (χ0) is 12.3. The molecule has 0 fully saturated rings. The minimum atomic E-state index is -0.222. The number of nitrogens with one attached hydrogen (secondary N) is 1. The number of hydrogen-bond donors (Lipinski definition) is 2. The van der Waals surface area contributed by atoms with Crippen molar-refractivity contribution in [1.82, 2.24) is 20.0 Å². The van der Waals surface area contributed by atoms with Gasteiger partial charge in [0.05, 0.1) is 5.69 Å². The Bertz CT molecular complexity index is 496. The molecular weight excluding hydrogens is 282 g/mol. The monoisotopic (exact) mass is 295 g/mol. The quantitative estimate of drug-likeness (QED) is 0.664. The van der Waals surface area contributed by atoms with Gasteiger partial charge in [-0.2, -0.15) is 0 Å². The summed E-state index contributed by atoms with van der Waals surface area (Å²) in [5.41, 5.74) is 3.59. The number of rotatable bonds is 4. The van der Waals surface area contributed by atoms with Crippen LogP contribution in [0.1, 0.15) is 24.5 Å². The van der Waals surface area contributed by atoms with Gasteiger partial charge in [-0.1, -0.05) is 0 Å². The molecule has 0 spiro atoms. The molecule has 0 radical (unpaired) electrons. The number of halogens is 1. The largest absolute Gasteiger partial charge is 0.334 e. The second-order valence-corrected chi connectivity index (χ2v) is 4.40. The lowest BCUT2D eigenvalue weighted by Crippen LogP contribution is -2.32. The Balaban J connectivity index is 2.44. The van der Waals surface area contributed by atoms with Gasteiger partial charge in [-0.25, -0.2) is 10.4 Å². The molecule has 0 saturated carbocycles. The fraction of sp³-hybridized carbons (Fsp3) is 0.273. The zero-order valence-corrected chi connectivity index (χ0v) is 11.1. The average molecular weight is 296 g/mol. The Morgan fingerprint density at radius 3 is 2.94 bits per heavy atom. The molecule has 17 heavy (non-hydrogen) atoms. The van der Waals surface area contributed by atoms with Crippen LogP contribution in [0.3, 0.4) is 0 Å². The van der Waals surface area contributed by atoms with E-state index < -0.39 is 0 Å². The van der Waals surface area contributed by atoms with Crippen molar-refractivity contribution in [3.63, 3.8) is 0 Å². The summed E-state index contributed by atoms with van der Waals surface area (Å²) in [5, 5.41) is 0. The molecule has 0 aliphatic rings. The van der Waals surface area contributed by atoms with E-state index in [1.54, 1.807) is 12.4 Å². The molecule has 0 aliphatic carbocycles. The standard InChI is InChI=1S/C11H14BrN5/c1-2-17-7-6-15-11(17)10(16-13)9-8(12)4-3-5-14-9/h3-7,10,16H,2,13H2,1H3. The zero-order valence-electron chi connectivity index (χ0n) is 9.47. The van der Waals surface area contributed by atoms with E-state index in [-0.39, 0.29) is 6.04 Å². The van der Waals surface area contributed by atoms with Crippen molar-refractivity contribution in [2.75, 3.05) is 0 Å². The van der Waals surface area contributed by atoms with Crippen molar-refractivity contribution in [3.8, 4) is 0 Å². The fourth-order valence-electron chi connectivity index (χ4n) is 1.73. The number of aryl methyl sites for hydroxylation is 1. The summed E-state index contributed by atoms with van der Waals surface area (Å²) >= 11 is 3.47. The molecule has 1 unspecified atom stereocenters. The number of nitrogens with zero attached hydrogens (tertiary/aromatic N) is 3. The molecular formula is C11H14BrN5. The van der Waals surface area contributed by atoms with Gasteiger partial charge in [-0.3, -0.25) is 10.8 Å². The minimum absolute atomic E-state index is 0.222. The Hall–Kier alpha value is -1.24. The number of hydrazine groups is 1. The SMILES string of the molecule is CCn1ccnc1C(NN)c1ncccc1Br. The molecule has 0 aromatic carbocycles. The first-order valence-corrected chi connectivity index (χ1v) is 6.14. The highest BCUT2D eigenvalue weighted by Crippen LogP contribution is 2.24. The van der Waals surface area contributed by atoms with Crippen LogP contribution >= 0.6 is 15.9 Å². The van der Waals surface area contributed by atoms with E-state index in [9.17, 15) is 0 Å². The summed E-state index contributed by atoms with van der Waals surface area (Å²) in [7, 11) is 0. The summed E-state index contributed by atoms with van der Waals surface area (Å²) in [6.07, 6.45) is 5.43. The Kier molecular flexibility index (Phi) is 3.88. The summed E-state index contributed by atoms with van der Waals surface area (Å²) in [6, 6.07) is 3.58. The predicted molar refractivity (Wildman–Crippen MR) is 69.0 cm³/mol. The van der Waals surface area contributed by atoms with Crippen molar-refractivity contribution < 1.29 is 0 Å². The highest BCUT2D eigenvalue weighted by Gasteiger charge is 2.20. The van der Waals surface area contributed by atoms with E-state index in [0.29, 0.717) is 0 Å². The van der Waals surface area contributed by atoms with E-state index in [2.05, 4.69) is 38.2 Å². The summed E-state index contributed by atoms with van der Waals surface area (Å²) in [5.74, 6) is 6.48. The van der Waals surface area contributed by atoms with Gasteiger partial charge >= 0.3 is 0 Å². The van der Waals surface area contributed by atoms with Gasteiger partial charge in [0.1, 0.15) is 11.9 Å². The minimum Gasteiger partial charge on any atom is -0.334 e. The number of hydrogen-bond acceptors (Lipinski definition) is 4. The first kappa shape index (κ1) is 12.2. The van der Waals surface area contributed by atoms with Crippen LogP contribution in [-0.4, -0.2) is 14.5 Å². The molecule has 2 heterocycles. The maximum Gasteiger partial charge on any atom is 0.133 e. The third-order valence-electron chi connectivity index (χ3n) is 2.57. The van der Waals surface area contributed by atoms with Crippen molar-refractivity contribution in [3.05, 3.63) is 46.7 Å². The van der Waals surface area contributed by atoms with Gasteiger partial charge in [-0.15, -0.1) is 0 Å². The van der Waals surface area contributed by atoms with Crippen LogP contribution in [0.4, 0.5) is 0 Å². The lowest BCUT2D eigenvalue weighted by molar-refractivity contribution is 0.548. The average Bonchev–Trinajstić information content (AvgIpc) is 2.81. The number of nitrogens with two attached hydrogens (primary N) is 1. The molecule has 2 aromatic rings. The molecule has 0 bridgehead atoms. The third kappa shape index (κ3) is 2.38. The Labute approximate surface area is 108 Å². The number of pyridine rings is 1. The second-order valence-electron chi connectivity index (χ2n) is 3.54. The van der Waals surface area contributed by atoms with E-state index in [0.717, 1.165) is 22.5 Å². The van der Waals surface area contributed by atoms with Crippen molar-refractivity contribution in [2.45, 2.75) is 19.5 Å². The lowest BCUT2D eigenvalue weighted by Gasteiger charge is -2.17. The van der Waals surface area contributed by atoms with E-state index in [1.165, 1.54) is 0 Å².